The van der Waals surface area contributed by atoms with Crippen LogP contribution < -0.4 is 0 Å². The highest BCUT2D eigenvalue weighted by Crippen LogP contribution is 2.26. The van der Waals surface area contributed by atoms with E-state index in [0.29, 0.717) is 6.42 Å². The largest absolute Gasteiger partial charge is 0.348 e. The van der Waals surface area contributed by atoms with Gasteiger partial charge in [-0.1, -0.05) is 71.8 Å². The second-order valence-electron chi connectivity index (χ2n) is 10.6. The molecule has 0 unspecified atom stereocenters. The number of pyridine rings is 2. The molecule has 4 aromatic heterocycles. The molecule has 202 valence electrons. The Morgan fingerprint density at radius 3 is 1.82 bits per heavy atom. The van der Waals surface area contributed by atoms with Crippen LogP contribution in [0.25, 0.3) is 33.8 Å². The quantitative estimate of drug-likeness (QED) is 0.250. The van der Waals surface area contributed by atoms with E-state index in [1.165, 1.54) is 16.7 Å². The Balaban J connectivity index is 0.000000168. The van der Waals surface area contributed by atoms with Crippen molar-refractivity contribution in [2.45, 2.75) is 34.1 Å². The fourth-order valence-electron chi connectivity index (χ4n) is 4.58. The number of likely N-dealkylation sites (N-methyl/N-ethyl adjacent to an activating group) is 1. The second kappa shape index (κ2) is 11.2. The summed E-state index contributed by atoms with van der Waals surface area (Å²) in [6.07, 6.45) is 6.55. The number of carbonyl (C=O) groups excluding carboxylic acids is 1. The number of nitrogens with zero attached hydrogens (tertiary/aromatic N) is 5. The Morgan fingerprint density at radius 1 is 0.650 bits per heavy atom. The molecule has 6 heteroatoms. The first-order valence-corrected chi connectivity index (χ1v) is 13.4. The highest BCUT2D eigenvalue weighted by molar-refractivity contribution is 5.81. The molecule has 0 bridgehead atoms. The molecule has 2 aromatic carbocycles. The fraction of sp³-hybridized carbons (Fsp3) is 0.206. The lowest BCUT2D eigenvalue weighted by Gasteiger charge is -2.11. The first-order valence-electron chi connectivity index (χ1n) is 13.4. The smallest absolute Gasteiger partial charge is 0.228 e. The van der Waals surface area contributed by atoms with Crippen LogP contribution >= 0.6 is 0 Å². The second-order valence-corrected chi connectivity index (χ2v) is 10.6. The highest BCUT2D eigenvalue weighted by Gasteiger charge is 2.18. The minimum absolute atomic E-state index is 0.0710. The van der Waals surface area contributed by atoms with Crippen LogP contribution in [0.1, 0.15) is 27.9 Å². The number of fused-ring (bicyclic) bond motifs is 2. The molecule has 0 saturated heterocycles. The third-order valence-electron chi connectivity index (χ3n) is 6.95. The number of imidazole rings is 2. The fourth-order valence-corrected chi connectivity index (χ4v) is 4.58. The summed E-state index contributed by atoms with van der Waals surface area (Å²) in [5.74, 6) is 0.0710. The average molecular weight is 530 g/mol. The zero-order valence-electron chi connectivity index (χ0n) is 24.0. The Morgan fingerprint density at radius 2 is 1.20 bits per heavy atom. The van der Waals surface area contributed by atoms with Crippen molar-refractivity contribution >= 4 is 17.2 Å². The Bertz CT molecular complexity index is 1790. The Labute approximate surface area is 235 Å². The SMILES string of the molecule is Cc1ccc(-c2cn3cc(C)ccc3n2)cc1.Cc1ccc(-c2nc3ccc(C)cn3c2CC(=O)N(C)C)cc1. The van der Waals surface area contributed by atoms with E-state index in [0.717, 1.165) is 45.1 Å². The molecule has 6 aromatic rings. The van der Waals surface area contributed by atoms with Crippen LogP contribution in [0.5, 0.6) is 0 Å². The number of amides is 1. The van der Waals surface area contributed by atoms with Gasteiger partial charge in [-0.3, -0.25) is 4.79 Å². The topological polar surface area (TPSA) is 54.9 Å². The van der Waals surface area contributed by atoms with E-state index in [-0.39, 0.29) is 5.91 Å². The lowest BCUT2D eigenvalue weighted by atomic mass is 10.1. The maximum Gasteiger partial charge on any atom is 0.228 e. The van der Waals surface area contributed by atoms with E-state index in [2.05, 4.69) is 97.1 Å². The van der Waals surface area contributed by atoms with Crippen LogP contribution in [-0.2, 0) is 11.2 Å². The summed E-state index contributed by atoms with van der Waals surface area (Å²) in [5.41, 5.74) is 11.8. The van der Waals surface area contributed by atoms with Gasteiger partial charge in [-0.15, -0.1) is 0 Å². The molecule has 0 spiro atoms. The zero-order valence-corrected chi connectivity index (χ0v) is 24.0. The number of rotatable bonds is 4. The lowest BCUT2D eigenvalue weighted by molar-refractivity contribution is -0.128. The summed E-state index contributed by atoms with van der Waals surface area (Å²) in [6.45, 7) is 8.29. The maximum absolute atomic E-state index is 12.3. The van der Waals surface area contributed by atoms with E-state index >= 15 is 0 Å². The minimum atomic E-state index is 0.0710. The van der Waals surface area contributed by atoms with Crippen LogP contribution in [-0.4, -0.2) is 43.7 Å². The van der Waals surface area contributed by atoms with Crippen molar-refractivity contribution in [1.82, 2.24) is 23.7 Å². The van der Waals surface area contributed by atoms with Gasteiger partial charge in [0.25, 0.3) is 0 Å². The van der Waals surface area contributed by atoms with Crippen molar-refractivity contribution in [3.63, 3.8) is 0 Å². The summed E-state index contributed by atoms with van der Waals surface area (Å²) in [7, 11) is 3.56. The van der Waals surface area contributed by atoms with Gasteiger partial charge in [-0.2, -0.15) is 0 Å². The minimum Gasteiger partial charge on any atom is -0.348 e. The highest BCUT2D eigenvalue weighted by atomic mass is 16.2. The molecular weight excluding hydrogens is 494 g/mol. The summed E-state index contributed by atoms with van der Waals surface area (Å²) in [4.78, 5) is 23.3. The van der Waals surface area contributed by atoms with Crippen molar-refractivity contribution in [3.05, 3.63) is 119 Å². The molecular formula is C34H35N5O. The molecule has 0 atom stereocenters. The number of benzene rings is 2. The van der Waals surface area contributed by atoms with Crippen molar-refractivity contribution in [2.24, 2.45) is 0 Å². The molecule has 4 heterocycles. The van der Waals surface area contributed by atoms with Gasteiger partial charge in [0.05, 0.1) is 23.5 Å². The Hall–Kier alpha value is -4.71. The van der Waals surface area contributed by atoms with Crippen LogP contribution in [0.4, 0.5) is 0 Å². The van der Waals surface area contributed by atoms with E-state index < -0.39 is 0 Å². The number of carbonyl (C=O) groups is 1. The lowest BCUT2D eigenvalue weighted by Crippen LogP contribution is -2.24. The van der Waals surface area contributed by atoms with Crippen molar-refractivity contribution < 1.29 is 4.79 Å². The van der Waals surface area contributed by atoms with E-state index in [4.69, 9.17) is 4.98 Å². The van der Waals surface area contributed by atoms with Gasteiger partial charge in [0.15, 0.2) is 0 Å². The molecule has 1 amide bonds. The molecule has 40 heavy (non-hydrogen) atoms. The predicted molar refractivity (Wildman–Crippen MR) is 163 cm³/mol. The Kier molecular flexibility index (Phi) is 7.52. The number of aryl methyl sites for hydroxylation is 4. The predicted octanol–water partition coefficient (Wildman–Crippen LogP) is 6.87. The van der Waals surface area contributed by atoms with Gasteiger partial charge in [0, 0.05) is 43.8 Å². The molecule has 0 aliphatic carbocycles. The van der Waals surface area contributed by atoms with E-state index in [1.807, 2.05) is 35.7 Å². The van der Waals surface area contributed by atoms with Gasteiger partial charge in [0.2, 0.25) is 5.91 Å². The molecule has 0 N–H and O–H groups in total. The van der Waals surface area contributed by atoms with Gasteiger partial charge in [-0.05, 0) is 51.0 Å². The van der Waals surface area contributed by atoms with Crippen LogP contribution in [0, 0.1) is 27.7 Å². The number of hydrogen-bond acceptors (Lipinski definition) is 3. The van der Waals surface area contributed by atoms with Gasteiger partial charge in [0.1, 0.15) is 11.3 Å². The van der Waals surface area contributed by atoms with Crippen molar-refractivity contribution in [3.8, 4) is 22.5 Å². The van der Waals surface area contributed by atoms with E-state index in [9.17, 15) is 4.79 Å². The van der Waals surface area contributed by atoms with Crippen LogP contribution in [0.3, 0.4) is 0 Å². The maximum atomic E-state index is 12.3. The van der Waals surface area contributed by atoms with Crippen LogP contribution in [0.2, 0.25) is 0 Å². The molecule has 0 radical (unpaired) electrons. The summed E-state index contributed by atoms with van der Waals surface area (Å²) in [6, 6.07) is 24.9. The van der Waals surface area contributed by atoms with Gasteiger partial charge < -0.3 is 13.7 Å². The molecule has 6 nitrogen and oxygen atoms in total. The number of hydrogen-bond donors (Lipinski definition) is 0. The summed E-state index contributed by atoms with van der Waals surface area (Å²) in [5, 5.41) is 0. The van der Waals surface area contributed by atoms with Crippen LogP contribution in [0.15, 0.2) is 91.4 Å². The monoisotopic (exact) mass is 529 g/mol. The molecule has 0 aliphatic rings. The third-order valence-corrected chi connectivity index (χ3v) is 6.95. The molecule has 0 fully saturated rings. The van der Waals surface area contributed by atoms with Crippen molar-refractivity contribution in [2.75, 3.05) is 14.1 Å². The standard InChI is InChI=1S/C19H21N3O.C15H14N2/c1-13-5-8-15(9-6-13)19-16(11-18(23)21(3)4)22-12-14(2)7-10-17(22)20-19;1-11-3-6-13(7-4-11)14-10-17-9-12(2)5-8-15(17)16-14/h5-10,12H,11H2,1-4H3;3-10H,1-2H3. The van der Waals surface area contributed by atoms with Gasteiger partial charge in [-0.25, -0.2) is 9.97 Å². The van der Waals surface area contributed by atoms with Crippen molar-refractivity contribution in [1.29, 1.82) is 0 Å². The normalized spacial score (nSPS) is 10.9. The summed E-state index contributed by atoms with van der Waals surface area (Å²) < 4.78 is 4.11. The molecule has 0 aliphatic heterocycles. The molecule has 6 rings (SSSR count). The first kappa shape index (κ1) is 26.9. The third kappa shape index (κ3) is 5.81. The molecule has 0 saturated carbocycles. The van der Waals surface area contributed by atoms with Gasteiger partial charge >= 0.3 is 0 Å². The number of aromatic nitrogens is 4. The first-order chi connectivity index (χ1) is 19.2. The zero-order chi connectivity index (χ0) is 28.4. The van der Waals surface area contributed by atoms with E-state index in [1.54, 1.807) is 19.0 Å². The summed E-state index contributed by atoms with van der Waals surface area (Å²) >= 11 is 0. The average Bonchev–Trinajstić information content (AvgIpc) is 3.51.